The molecule has 10 nitrogen and oxygen atoms in total. The minimum Gasteiger partial charge on any atom is -0.376 e. The van der Waals surface area contributed by atoms with Crippen LogP contribution < -0.4 is 5.32 Å². The number of amides is 1. The van der Waals surface area contributed by atoms with Crippen LogP contribution >= 0.6 is 11.8 Å². The summed E-state index contributed by atoms with van der Waals surface area (Å²) >= 11 is 1.31. The van der Waals surface area contributed by atoms with Gasteiger partial charge < -0.3 is 10.1 Å². The van der Waals surface area contributed by atoms with Gasteiger partial charge in [-0.25, -0.2) is 0 Å². The Kier molecular flexibility index (Phi) is 6.99. The molecule has 2 aromatic heterocycles. The second-order valence-electron chi connectivity index (χ2n) is 7.79. The van der Waals surface area contributed by atoms with E-state index < -0.39 is 10.2 Å². The summed E-state index contributed by atoms with van der Waals surface area (Å²) in [5, 5.41) is 22.7. The minimum absolute atomic E-state index is 0.0150. The van der Waals surface area contributed by atoms with Crippen molar-refractivity contribution < 1.29 is 14.5 Å². The number of ether oxygens (including phenoxy) is 1. The molecule has 2 atom stereocenters. The zero-order chi connectivity index (χ0) is 23.4. The van der Waals surface area contributed by atoms with Crippen molar-refractivity contribution in [2.45, 2.75) is 49.7 Å². The van der Waals surface area contributed by atoms with Gasteiger partial charge in [-0.1, -0.05) is 11.8 Å². The highest BCUT2D eigenvalue weighted by atomic mass is 32.2. The van der Waals surface area contributed by atoms with Crippen LogP contribution in [0.3, 0.4) is 0 Å². The van der Waals surface area contributed by atoms with Crippen LogP contribution in [0.1, 0.15) is 25.3 Å². The van der Waals surface area contributed by atoms with E-state index in [1.54, 1.807) is 32.3 Å². The zero-order valence-electron chi connectivity index (χ0n) is 18.3. The summed E-state index contributed by atoms with van der Waals surface area (Å²) in [7, 11) is 0. The van der Waals surface area contributed by atoms with Gasteiger partial charge in [-0.3, -0.25) is 24.5 Å². The molecule has 3 aromatic rings. The predicted octanol–water partition coefficient (Wildman–Crippen LogP) is 3.86. The molecule has 1 N–H and O–H groups in total. The Hall–Kier alpha value is -3.31. The van der Waals surface area contributed by atoms with Crippen molar-refractivity contribution in [1.29, 1.82) is 0 Å². The number of aromatic nitrogens is 4. The van der Waals surface area contributed by atoms with E-state index in [4.69, 9.17) is 4.74 Å². The number of nitro benzene ring substituents is 1. The monoisotopic (exact) mass is 468 g/mol. The fourth-order valence-corrected chi connectivity index (χ4v) is 4.45. The van der Waals surface area contributed by atoms with E-state index >= 15 is 0 Å². The first-order chi connectivity index (χ1) is 15.9. The van der Waals surface area contributed by atoms with Crippen molar-refractivity contribution in [2.75, 3.05) is 11.9 Å². The van der Waals surface area contributed by atoms with E-state index in [9.17, 15) is 14.9 Å². The summed E-state index contributed by atoms with van der Waals surface area (Å²) in [5.74, 6) is 0.475. The fourth-order valence-electron chi connectivity index (χ4n) is 3.59. The first-order valence-corrected chi connectivity index (χ1v) is 11.5. The molecule has 1 aromatic carbocycles. The van der Waals surface area contributed by atoms with Gasteiger partial charge in [0.1, 0.15) is 0 Å². The number of hydrogen-bond acceptors (Lipinski definition) is 8. The molecule has 0 aliphatic carbocycles. The van der Waals surface area contributed by atoms with Crippen LogP contribution in [0.4, 0.5) is 11.4 Å². The summed E-state index contributed by atoms with van der Waals surface area (Å²) in [4.78, 5) is 27.4. The molecule has 0 radical (unpaired) electrons. The van der Waals surface area contributed by atoms with E-state index in [1.165, 1.54) is 23.9 Å². The molecular formula is C22H24N6O4S. The Morgan fingerprint density at radius 2 is 2.12 bits per heavy atom. The average Bonchev–Trinajstić information content (AvgIpc) is 3.46. The number of thioether (sulfide) groups is 1. The molecule has 0 unspecified atom stereocenters. The lowest BCUT2D eigenvalue weighted by atomic mass is 10.2. The smallest absolute Gasteiger partial charge is 0.269 e. The number of rotatable bonds is 8. The van der Waals surface area contributed by atoms with Crippen LogP contribution in [0.25, 0.3) is 11.4 Å². The standard InChI is InChI=1S/C22H24N6O4S/c1-14-12-17(28(30)31)5-6-19(14)24-21(29)15(2)33-22-26-25-20(16-7-9-23-10-8-16)27(22)13-18-4-3-11-32-18/h5-10,12,15,18H,3-4,11,13H2,1-2H3,(H,24,29)/t15-,18+/m1/s1. The van der Waals surface area contributed by atoms with Gasteiger partial charge in [0, 0.05) is 42.4 Å². The van der Waals surface area contributed by atoms with Gasteiger partial charge in [0.05, 0.1) is 22.8 Å². The highest BCUT2D eigenvalue weighted by Gasteiger charge is 2.25. The fraction of sp³-hybridized carbons (Fsp3) is 0.364. The Morgan fingerprint density at radius 1 is 1.33 bits per heavy atom. The number of nitrogens with one attached hydrogen (secondary N) is 1. The number of benzene rings is 1. The first-order valence-electron chi connectivity index (χ1n) is 10.6. The van der Waals surface area contributed by atoms with Crippen molar-refractivity contribution in [3.05, 3.63) is 58.4 Å². The van der Waals surface area contributed by atoms with Crippen LogP contribution in [0.15, 0.2) is 47.9 Å². The maximum atomic E-state index is 12.9. The summed E-state index contributed by atoms with van der Waals surface area (Å²) < 4.78 is 7.81. The van der Waals surface area contributed by atoms with Crippen molar-refractivity contribution in [3.63, 3.8) is 0 Å². The molecule has 11 heteroatoms. The predicted molar refractivity (Wildman–Crippen MR) is 124 cm³/mol. The molecule has 0 saturated carbocycles. The largest absolute Gasteiger partial charge is 0.376 e. The van der Waals surface area contributed by atoms with E-state index in [2.05, 4.69) is 20.5 Å². The Morgan fingerprint density at radius 3 is 2.79 bits per heavy atom. The second kappa shape index (κ2) is 10.1. The molecule has 1 fully saturated rings. The highest BCUT2D eigenvalue weighted by Crippen LogP contribution is 2.29. The lowest BCUT2D eigenvalue weighted by molar-refractivity contribution is -0.384. The SMILES string of the molecule is Cc1cc([N+](=O)[O-])ccc1NC(=O)[C@@H](C)Sc1nnc(-c2ccncc2)n1C[C@@H]1CCCO1. The number of nitro groups is 1. The average molecular weight is 469 g/mol. The van der Waals surface area contributed by atoms with Gasteiger partial charge in [0.2, 0.25) is 5.91 Å². The normalized spacial score (nSPS) is 16.5. The first kappa shape index (κ1) is 22.9. The van der Waals surface area contributed by atoms with Crippen molar-refractivity contribution >= 4 is 29.0 Å². The van der Waals surface area contributed by atoms with E-state index in [1.807, 2.05) is 16.7 Å². The van der Waals surface area contributed by atoms with E-state index in [-0.39, 0.29) is 17.7 Å². The number of anilines is 1. The summed E-state index contributed by atoms with van der Waals surface area (Å²) in [6, 6.07) is 8.10. The summed E-state index contributed by atoms with van der Waals surface area (Å²) in [6.45, 7) is 4.85. The number of carbonyl (C=O) groups excluding carboxylic acids is 1. The zero-order valence-corrected chi connectivity index (χ0v) is 19.1. The minimum atomic E-state index is -0.475. The molecule has 0 bridgehead atoms. The second-order valence-corrected chi connectivity index (χ2v) is 9.10. The Labute approximate surface area is 194 Å². The Balaban J connectivity index is 1.52. The molecule has 1 saturated heterocycles. The highest BCUT2D eigenvalue weighted by molar-refractivity contribution is 8.00. The van der Waals surface area contributed by atoms with Crippen LogP contribution in [-0.2, 0) is 16.1 Å². The lowest BCUT2D eigenvalue weighted by Crippen LogP contribution is -2.24. The molecule has 1 aliphatic heterocycles. The third-order valence-corrected chi connectivity index (χ3v) is 6.48. The summed E-state index contributed by atoms with van der Waals surface area (Å²) in [5.41, 5.74) is 2.03. The molecule has 1 amide bonds. The maximum absolute atomic E-state index is 12.9. The van der Waals surface area contributed by atoms with Gasteiger partial charge in [0.25, 0.3) is 5.69 Å². The number of pyridine rings is 1. The van der Waals surface area contributed by atoms with E-state index in [0.717, 1.165) is 25.0 Å². The third kappa shape index (κ3) is 5.37. The third-order valence-electron chi connectivity index (χ3n) is 5.40. The Bertz CT molecular complexity index is 1150. The van der Waals surface area contributed by atoms with Gasteiger partial charge in [0.15, 0.2) is 11.0 Å². The molecule has 0 spiro atoms. The quantitative estimate of drug-likeness (QED) is 0.300. The number of aryl methyl sites for hydroxylation is 1. The van der Waals surface area contributed by atoms with Crippen LogP contribution in [-0.4, -0.2) is 48.5 Å². The molecular weight excluding hydrogens is 444 g/mol. The summed E-state index contributed by atoms with van der Waals surface area (Å²) in [6.07, 6.45) is 5.47. The van der Waals surface area contributed by atoms with Crippen LogP contribution in [0.5, 0.6) is 0 Å². The molecule has 3 heterocycles. The number of nitrogens with zero attached hydrogens (tertiary/aromatic N) is 5. The lowest BCUT2D eigenvalue weighted by Gasteiger charge is -2.17. The number of hydrogen-bond donors (Lipinski definition) is 1. The van der Waals surface area contributed by atoms with Crippen molar-refractivity contribution in [1.82, 2.24) is 19.7 Å². The molecule has 4 rings (SSSR count). The van der Waals surface area contributed by atoms with Crippen molar-refractivity contribution in [3.8, 4) is 11.4 Å². The number of non-ortho nitro benzene ring substituents is 1. The van der Waals surface area contributed by atoms with Crippen LogP contribution in [0.2, 0.25) is 0 Å². The maximum Gasteiger partial charge on any atom is 0.269 e. The van der Waals surface area contributed by atoms with Gasteiger partial charge in [-0.05, 0) is 50.5 Å². The van der Waals surface area contributed by atoms with Crippen molar-refractivity contribution in [2.24, 2.45) is 0 Å². The molecule has 1 aliphatic rings. The van der Waals surface area contributed by atoms with Gasteiger partial charge in [-0.15, -0.1) is 10.2 Å². The number of carbonyl (C=O) groups is 1. The van der Waals surface area contributed by atoms with E-state index in [0.29, 0.717) is 28.8 Å². The van der Waals surface area contributed by atoms with Gasteiger partial charge >= 0.3 is 0 Å². The molecule has 172 valence electrons. The van der Waals surface area contributed by atoms with Gasteiger partial charge in [-0.2, -0.15) is 0 Å². The van der Waals surface area contributed by atoms with Crippen LogP contribution in [0, 0.1) is 17.0 Å². The molecule has 33 heavy (non-hydrogen) atoms. The topological polar surface area (TPSA) is 125 Å².